The number of H-pyrrole nitrogens is 1. The molecule has 0 radical (unpaired) electrons. The lowest BCUT2D eigenvalue weighted by Gasteiger charge is -1.88. The number of rotatable bonds is 3. The molecule has 0 aliphatic heterocycles. The van der Waals surface area contributed by atoms with E-state index in [0.29, 0.717) is 0 Å². The molecule has 0 aliphatic carbocycles. The van der Waals surface area contributed by atoms with Crippen LogP contribution in [-0.2, 0) is 16.0 Å². The van der Waals surface area contributed by atoms with Crippen LogP contribution in [0.15, 0.2) is 6.33 Å². The molecule has 1 aromatic heterocycles. The van der Waals surface area contributed by atoms with Crippen molar-refractivity contribution >= 4 is 11.8 Å². The van der Waals surface area contributed by atoms with Crippen molar-refractivity contribution in [1.82, 2.24) is 15.2 Å². The zero-order valence-electron chi connectivity index (χ0n) is 5.44. The summed E-state index contributed by atoms with van der Waals surface area (Å²) in [5, 5.41) is 14.0. The number of ketones is 1. The number of Topliss-reactive ketones (excluding diaryl/α,β-unsaturated/α-hetero) is 1. The van der Waals surface area contributed by atoms with Crippen LogP contribution in [-0.4, -0.2) is 32.0 Å². The molecule has 0 bridgehead atoms. The number of aromatic amines is 1. The first-order chi connectivity index (χ1) is 5.20. The molecule has 1 rings (SSSR count). The topological polar surface area (TPSA) is 95.9 Å². The van der Waals surface area contributed by atoms with Crippen molar-refractivity contribution in [3.05, 3.63) is 12.2 Å². The molecular formula is C5H5N3O3. The van der Waals surface area contributed by atoms with Crippen LogP contribution in [0.5, 0.6) is 0 Å². The van der Waals surface area contributed by atoms with Crippen LogP contribution in [0.1, 0.15) is 5.82 Å². The highest BCUT2D eigenvalue weighted by Crippen LogP contribution is 1.88. The molecule has 0 unspecified atom stereocenters. The van der Waals surface area contributed by atoms with E-state index >= 15 is 0 Å². The molecule has 58 valence electrons. The standard InChI is InChI=1S/C5H5N3O3/c9-3(5(10)11)1-4-6-2-7-8-4/h2H,1H2,(H,10,11)(H,6,7,8). The number of aromatic nitrogens is 3. The molecular weight excluding hydrogens is 150 g/mol. The molecule has 6 heteroatoms. The highest BCUT2D eigenvalue weighted by atomic mass is 16.4. The van der Waals surface area contributed by atoms with E-state index in [0.717, 1.165) is 0 Å². The number of aliphatic carboxylic acids is 1. The summed E-state index contributed by atoms with van der Waals surface area (Å²) >= 11 is 0. The number of carbonyl (C=O) groups is 2. The van der Waals surface area contributed by atoms with Gasteiger partial charge in [-0.25, -0.2) is 9.78 Å². The van der Waals surface area contributed by atoms with Gasteiger partial charge < -0.3 is 5.11 Å². The quantitative estimate of drug-likeness (QED) is 0.546. The Bertz CT molecular complexity index is 267. The lowest BCUT2D eigenvalue weighted by Crippen LogP contribution is -2.15. The summed E-state index contributed by atoms with van der Waals surface area (Å²) < 4.78 is 0. The Labute approximate surface area is 61.3 Å². The Morgan fingerprint density at radius 2 is 2.36 bits per heavy atom. The summed E-state index contributed by atoms with van der Waals surface area (Å²) in [5.74, 6) is -2.10. The van der Waals surface area contributed by atoms with Crippen LogP contribution in [0.25, 0.3) is 0 Å². The third-order valence-electron chi connectivity index (χ3n) is 1.03. The van der Waals surface area contributed by atoms with Crippen molar-refractivity contribution in [3.8, 4) is 0 Å². The molecule has 2 N–H and O–H groups in total. The van der Waals surface area contributed by atoms with Crippen molar-refractivity contribution in [2.24, 2.45) is 0 Å². The summed E-state index contributed by atoms with van der Waals surface area (Å²) in [7, 11) is 0. The molecule has 0 spiro atoms. The minimum atomic E-state index is -1.46. The Morgan fingerprint density at radius 1 is 1.64 bits per heavy atom. The van der Waals surface area contributed by atoms with Gasteiger partial charge in [0.1, 0.15) is 12.2 Å². The summed E-state index contributed by atoms with van der Waals surface area (Å²) in [4.78, 5) is 24.1. The largest absolute Gasteiger partial charge is 0.475 e. The average molecular weight is 155 g/mol. The van der Waals surface area contributed by atoms with Crippen LogP contribution in [0.3, 0.4) is 0 Å². The van der Waals surface area contributed by atoms with Gasteiger partial charge in [-0.3, -0.25) is 9.89 Å². The monoisotopic (exact) mass is 155 g/mol. The highest BCUT2D eigenvalue weighted by Gasteiger charge is 2.13. The Balaban J connectivity index is 2.57. The number of nitrogens with zero attached hydrogens (tertiary/aromatic N) is 2. The molecule has 0 saturated heterocycles. The van der Waals surface area contributed by atoms with Crippen LogP contribution in [0.2, 0.25) is 0 Å². The Morgan fingerprint density at radius 3 is 2.82 bits per heavy atom. The normalized spacial score (nSPS) is 9.45. The van der Waals surface area contributed by atoms with E-state index < -0.39 is 11.8 Å². The summed E-state index contributed by atoms with van der Waals surface area (Å²) in [6, 6.07) is 0. The number of carboxylic acids is 1. The fourth-order valence-electron chi connectivity index (χ4n) is 0.544. The maximum Gasteiger partial charge on any atom is 0.372 e. The predicted octanol–water partition coefficient (Wildman–Crippen LogP) is -0.999. The molecule has 0 amide bonds. The Hall–Kier alpha value is -1.72. The first-order valence-corrected chi connectivity index (χ1v) is 2.80. The van der Waals surface area contributed by atoms with Gasteiger partial charge in [-0.2, -0.15) is 5.10 Å². The lowest BCUT2D eigenvalue weighted by atomic mass is 10.3. The maximum absolute atomic E-state index is 10.5. The molecule has 0 atom stereocenters. The van der Waals surface area contributed by atoms with Gasteiger partial charge in [-0.1, -0.05) is 0 Å². The zero-order valence-corrected chi connectivity index (χ0v) is 5.44. The molecule has 1 aromatic rings. The van der Waals surface area contributed by atoms with E-state index in [1.54, 1.807) is 0 Å². The maximum atomic E-state index is 10.5. The van der Waals surface area contributed by atoms with Crippen molar-refractivity contribution in [3.63, 3.8) is 0 Å². The second kappa shape index (κ2) is 2.91. The van der Waals surface area contributed by atoms with E-state index in [1.807, 2.05) is 0 Å². The van der Waals surface area contributed by atoms with Gasteiger partial charge in [0, 0.05) is 0 Å². The molecule has 6 nitrogen and oxygen atoms in total. The van der Waals surface area contributed by atoms with E-state index in [9.17, 15) is 9.59 Å². The molecule has 1 heterocycles. The van der Waals surface area contributed by atoms with Gasteiger partial charge in [0.2, 0.25) is 5.78 Å². The Kier molecular flexibility index (Phi) is 1.95. The summed E-state index contributed by atoms with van der Waals surface area (Å²) in [5.41, 5.74) is 0. The molecule has 0 saturated carbocycles. The van der Waals surface area contributed by atoms with Gasteiger partial charge in [-0.05, 0) is 0 Å². The smallest absolute Gasteiger partial charge is 0.372 e. The number of hydrogen-bond acceptors (Lipinski definition) is 4. The van der Waals surface area contributed by atoms with Gasteiger partial charge in [-0.15, -0.1) is 0 Å². The number of carboxylic acid groups (broad SMARTS) is 1. The van der Waals surface area contributed by atoms with E-state index in [4.69, 9.17) is 5.11 Å². The van der Waals surface area contributed by atoms with Crippen LogP contribution < -0.4 is 0 Å². The number of carbonyl (C=O) groups excluding carboxylic acids is 1. The summed E-state index contributed by atoms with van der Waals surface area (Å²) in [6.45, 7) is 0. The fraction of sp³-hybridized carbons (Fsp3) is 0.200. The van der Waals surface area contributed by atoms with Crippen LogP contribution >= 0.6 is 0 Å². The van der Waals surface area contributed by atoms with Gasteiger partial charge >= 0.3 is 5.97 Å². The second-order valence-corrected chi connectivity index (χ2v) is 1.84. The molecule has 0 fully saturated rings. The van der Waals surface area contributed by atoms with Crippen LogP contribution in [0.4, 0.5) is 0 Å². The highest BCUT2D eigenvalue weighted by molar-refractivity contribution is 6.33. The third-order valence-corrected chi connectivity index (χ3v) is 1.03. The molecule has 11 heavy (non-hydrogen) atoms. The SMILES string of the molecule is O=C(O)C(=O)Cc1ncn[nH]1. The van der Waals surface area contributed by atoms with E-state index in [2.05, 4.69) is 15.2 Å². The van der Waals surface area contributed by atoms with Crippen molar-refractivity contribution in [2.75, 3.05) is 0 Å². The average Bonchev–Trinajstić information content (AvgIpc) is 2.39. The van der Waals surface area contributed by atoms with E-state index in [-0.39, 0.29) is 12.2 Å². The first kappa shape index (κ1) is 7.39. The van der Waals surface area contributed by atoms with E-state index in [1.165, 1.54) is 6.33 Å². The minimum absolute atomic E-state index is 0.241. The molecule has 0 aliphatic rings. The van der Waals surface area contributed by atoms with Crippen LogP contribution in [0, 0.1) is 0 Å². The third kappa shape index (κ3) is 1.85. The second-order valence-electron chi connectivity index (χ2n) is 1.84. The number of hydrogen-bond donors (Lipinski definition) is 2. The number of nitrogens with one attached hydrogen (secondary N) is 1. The van der Waals surface area contributed by atoms with Crippen molar-refractivity contribution in [1.29, 1.82) is 0 Å². The van der Waals surface area contributed by atoms with Crippen molar-refractivity contribution in [2.45, 2.75) is 6.42 Å². The predicted molar refractivity (Wildman–Crippen MR) is 32.7 cm³/mol. The minimum Gasteiger partial charge on any atom is -0.475 e. The van der Waals surface area contributed by atoms with Gasteiger partial charge in [0.05, 0.1) is 6.42 Å². The molecule has 0 aromatic carbocycles. The van der Waals surface area contributed by atoms with Crippen molar-refractivity contribution < 1.29 is 14.7 Å². The van der Waals surface area contributed by atoms with Gasteiger partial charge in [0.25, 0.3) is 0 Å². The summed E-state index contributed by atoms with van der Waals surface area (Å²) in [6.07, 6.45) is 0.972. The van der Waals surface area contributed by atoms with Gasteiger partial charge in [0.15, 0.2) is 0 Å². The lowest BCUT2D eigenvalue weighted by molar-refractivity contribution is -0.148. The first-order valence-electron chi connectivity index (χ1n) is 2.80. The fourth-order valence-corrected chi connectivity index (χ4v) is 0.544. The zero-order chi connectivity index (χ0) is 8.27.